The number of hydrogen-bond acceptors (Lipinski definition) is 3. The molecule has 0 saturated carbocycles. The fraction of sp³-hybridized carbons (Fsp3) is 0.455. The summed E-state index contributed by atoms with van der Waals surface area (Å²) in [6, 6.07) is 5.63. The zero-order chi connectivity index (χ0) is 12.2. The van der Waals surface area contributed by atoms with E-state index in [0.29, 0.717) is 6.54 Å². The maximum Gasteiger partial charge on any atom is 0.234 e. The highest BCUT2D eigenvalue weighted by molar-refractivity contribution is 7.16. The second-order valence-electron chi connectivity index (χ2n) is 4.10. The Hall–Kier alpha value is -1.05. The van der Waals surface area contributed by atoms with E-state index in [1.54, 1.807) is 0 Å². The van der Waals surface area contributed by atoms with Gasteiger partial charge in [0.15, 0.2) is 0 Å². The summed E-state index contributed by atoms with van der Waals surface area (Å²) in [5, 5.41) is 11.1. The molecular weight excluding hydrogens is 244 g/mol. The number of carbonyl (C=O) groups excluding carboxylic acids is 1. The summed E-state index contributed by atoms with van der Waals surface area (Å²) >= 11 is 7.38. The third-order valence-corrected chi connectivity index (χ3v) is 3.80. The Kier molecular flexibility index (Phi) is 4.34. The van der Waals surface area contributed by atoms with Crippen molar-refractivity contribution in [2.24, 2.45) is 0 Å². The van der Waals surface area contributed by atoms with E-state index in [1.807, 2.05) is 32.0 Å². The molecule has 1 heterocycles. The highest BCUT2D eigenvalue weighted by atomic mass is 35.5. The van der Waals surface area contributed by atoms with Crippen LogP contribution in [0.4, 0.5) is 0 Å². The minimum Gasteiger partial charge on any atom is -0.354 e. The van der Waals surface area contributed by atoms with E-state index in [1.165, 1.54) is 11.3 Å². The van der Waals surface area contributed by atoms with Crippen molar-refractivity contribution >= 4 is 28.8 Å². The van der Waals surface area contributed by atoms with Crippen LogP contribution in [0.1, 0.15) is 25.1 Å². The molecular formula is C11H13ClN2OS. The molecule has 0 unspecified atom stereocenters. The van der Waals surface area contributed by atoms with Crippen molar-refractivity contribution in [2.45, 2.75) is 25.7 Å². The van der Waals surface area contributed by atoms with E-state index in [9.17, 15) is 4.79 Å². The van der Waals surface area contributed by atoms with Gasteiger partial charge in [-0.1, -0.05) is 25.4 Å². The molecule has 16 heavy (non-hydrogen) atoms. The fourth-order valence-electron chi connectivity index (χ4n) is 1.22. The Morgan fingerprint density at radius 1 is 1.62 bits per heavy atom. The normalized spacial score (nSPS) is 10.9. The Labute approximate surface area is 104 Å². The second-order valence-corrected chi connectivity index (χ2v) is 5.81. The van der Waals surface area contributed by atoms with Crippen molar-refractivity contribution in [3.63, 3.8) is 0 Å². The van der Waals surface area contributed by atoms with Crippen molar-refractivity contribution in [1.29, 1.82) is 5.26 Å². The monoisotopic (exact) mass is 256 g/mol. The largest absolute Gasteiger partial charge is 0.354 e. The van der Waals surface area contributed by atoms with Crippen molar-refractivity contribution in [3.05, 3.63) is 21.3 Å². The van der Waals surface area contributed by atoms with E-state index in [-0.39, 0.29) is 17.7 Å². The van der Waals surface area contributed by atoms with E-state index in [0.717, 1.165) is 9.21 Å². The number of amides is 1. The van der Waals surface area contributed by atoms with Gasteiger partial charge in [0.05, 0.1) is 10.4 Å². The molecule has 86 valence electrons. The minimum absolute atomic E-state index is 0.0960. The van der Waals surface area contributed by atoms with Gasteiger partial charge in [0.1, 0.15) is 6.42 Å². The van der Waals surface area contributed by atoms with Crippen molar-refractivity contribution in [2.75, 3.05) is 6.54 Å². The van der Waals surface area contributed by atoms with Crippen molar-refractivity contribution < 1.29 is 4.79 Å². The summed E-state index contributed by atoms with van der Waals surface area (Å²) in [4.78, 5) is 12.3. The lowest BCUT2D eigenvalue weighted by atomic mass is 9.91. The highest BCUT2D eigenvalue weighted by Crippen LogP contribution is 2.31. The molecule has 1 aromatic heterocycles. The number of carbonyl (C=O) groups is 1. The summed E-state index contributed by atoms with van der Waals surface area (Å²) < 4.78 is 0.742. The summed E-state index contributed by atoms with van der Waals surface area (Å²) in [6.07, 6.45) is -0.0960. The topological polar surface area (TPSA) is 52.9 Å². The molecule has 1 rings (SSSR count). The lowest BCUT2D eigenvalue weighted by Crippen LogP contribution is -2.35. The van der Waals surface area contributed by atoms with Gasteiger partial charge in [0.2, 0.25) is 5.91 Å². The molecule has 0 radical (unpaired) electrons. The maximum absolute atomic E-state index is 11.2. The average molecular weight is 257 g/mol. The van der Waals surface area contributed by atoms with Crippen LogP contribution >= 0.6 is 22.9 Å². The summed E-state index contributed by atoms with van der Waals surface area (Å²) in [5.74, 6) is -0.238. The van der Waals surface area contributed by atoms with Gasteiger partial charge in [-0.2, -0.15) is 5.26 Å². The highest BCUT2D eigenvalue weighted by Gasteiger charge is 2.23. The number of thiophene rings is 1. The van der Waals surface area contributed by atoms with Crippen LogP contribution in [0.25, 0.3) is 0 Å². The van der Waals surface area contributed by atoms with Gasteiger partial charge < -0.3 is 5.32 Å². The van der Waals surface area contributed by atoms with Crippen LogP contribution in [-0.2, 0) is 10.2 Å². The molecule has 0 saturated heterocycles. The van der Waals surface area contributed by atoms with Gasteiger partial charge in [-0.15, -0.1) is 11.3 Å². The minimum atomic E-state index is -0.238. The molecule has 0 spiro atoms. The van der Waals surface area contributed by atoms with Crippen LogP contribution in [0.2, 0.25) is 4.34 Å². The molecule has 5 heteroatoms. The zero-order valence-electron chi connectivity index (χ0n) is 9.21. The van der Waals surface area contributed by atoms with Gasteiger partial charge in [0, 0.05) is 16.8 Å². The second kappa shape index (κ2) is 5.33. The SMILES string of the molecule is CC(C)(CNC(=O)CC#N)c1ccc(Cl)s1. The van der Waals surface area contributed by atoms with Crippen molar-refractivity contribution in [3.8, 4) is 6.07 Å². The molecule has 0 aliphatic rings. The number of halogens is 1. The van der Waals surface area contributed by atoms with Gasteiger partial charge in [-0.3, -0.25) is 4.79 Å². The van der Waals surface area contributed by atoms with Crippen molar-refractivity contribution in [1.82, 2.24) is 5.32 Å². The molecule has 0 aliphatic carbocycles. The number of rotatable bonds is 4. The molecule has 0 bridgehead atoms. The third kappa shape index (κ3) is 3.51. The summed E-state index contributed by atoms with van der Waals surface area (Å²) in [6.45, 7) is 4.56. The van der Waals surface area contributed by atoms with Crippen LogP contribution in [0.5, 0.6) is 0 Å². The van der Waals surface area contributed by atoms with Gasteiger partial charge in [-0.05, 0) is 12.1 Å². The number of nitrogens with zero attached hydrogens (tertiary/aromatic N) is 1. The zero-order valence-corrected chi connectivity index (χ0v) is 10.8. The van der Waals surface area contributed by atoms with Crippen LogP contribution in [0, 0.1) is 11.3 Å². The lowest BCUT2D eigenvalue weighted by molar-refractivity contribution is -0.120. The molecule has 0 atom stereocenters. The molecule has 0 aromatic carbocycles. The van der Waals surface area contributed by atoms with E-state index in [4.69, 9.17) is 16.9 Å². The first-order valence-electron chi connectivity index (χ1n) is 4.85. The molecule has 0 aliphatic heterocycles. The number of nitriles is 1. The van der Waals surface area contributed by atoms with Gasteiger partial charge in [-0.25, -0.2) is 0 Å². The Bertz CT molecular complexity index is 420. The Balaban J connectivity index is 2.59. The molecule has 1 amide bonds. The Morgan fingerprint density at radius 3 is 2.81 bits per heavy atom. The smallest absolute Gasteiger partial charge is 0.234 e. The van der Waals surface area contributed by atoms with E-state index in [2.05, 4.69) is 5.32 Å². The maximum atomic E-state index is 11.2. The lowest BCUT2D eigenvalue weighted by Gasteiger charge is -2.23. The average Bonchev–Trinajstić information content (AvgIpc) is 2.63. The standard InChI is InChI=1S/C11H13ClN2OS/c1-11(2,7-14-10(15)5-6-13)8-3-4-9(12)16-8/h3-4H,5,7H2,1-2H3,(H,14,15). The number of nitrogens with one attached hydrogen (secondary N) is 1. The molecule has 0 fully saturated rings. The summed E-state index contributed by atoms with van der Waals surface area (Å²) in [7, 11) is 0. The third-order valence-electron chi connectivity index (χ3n) is 2.21. The predicted octanol–water partition coefficient (Wildman–Crippen LogP) is 2.71. The van der Waals surface area contributed by atoms with Crippen LogP contribution < -0.4 is 5.32 Å². The van der Waals surface area contributed by atoms with Crippen LogP contribution in [0.15, 0.2) is 12.1 Å². The van der Waals surface area contributed by atoms with Gasteiger partial charge in [0.25, 0.3) is 0 Å². The number of hydrogen-bond donors (Lipinski definition) is 1. The van der Waals surface area contributed by atoms with Crippen LogP contribution in [0.3, 0.4) is 0 Å². The predicted molar refractivity (Wildman–Crippen MR) is 65.6 cm³/mol. The quantitative estimate of drug-likeness (QED) is 0.901. The fourth-order valence-corrected chi connectivity index (χ4v) is 2.36. The molecule has 3 nitrogen and oxygen atoms in total. The first-order valence-corrected chi connectivity index (χ1v) is 6.04. The Morgan fingerprint density at radius 2 is 2.31 bits per heavy atom. The molecule has 1 N–H and O–H groups in total. The van der Waals surface area contributed by atoms with E-state index < -0.39 is 0 Å². The first-order chi connectivity index (χ1) is 7.45. The molecule has 1 aromatic rings. The van der Waals surface area contributed by atoms with E-state index >= 15 is 0 Å². The van der Waals surface area contributed by atoms with Crippen LogP contribution in [-0.4, -0.2) is 12.5 Å². The first kappa shape index (κ1) is 13.0. The van der Waals surface area contributed by atoms with Gasteiger partial charge >= 0.3 is 0 Å². The summed E-state index contributed by atoms with van der Waals surface area (Å²) in [5.41, 5.74) is -0.164.